The van der Waals surface area contributed by atoms with Gasteiger partial charge in [-0.2, -0.15) is 0 Å². The average molecular weight is 587 g/mol. The zero-order chi connectivity index (χ0) is 29.7. The second kappa shape index (κ2) is 10.4. The molecule has 7 nitrogen and oxygen atoms in total. The van der Waals surface area contributed by atoms with Gasteiger partial charge in [0.25, 0.3) is 0 Å². The van der Waals surface area contributed by atoms with Crippen LogP contribution in [0.4, 0.5) is 0 Å². The number of nitrogens with zero attached hydrogens (tertiary/aromatic N) is 6. The van der Waals surface area contributed by atoms with Gasteiger partial charge in [0.15, 0.2) is 22.1 Å². The van der Waals surface area contributed by atoms with Gasteiger partial charge in [0.05, 0.1) is 0 Å². The van der Waals surface area contributed by atoms with Crippen molar-refractivity contribution in [1.29, 1.82) is 0 Å². The number of benzene rings is 5. The highest BCUT2D eigenvalue weighted by molar-refractivity contribution is 5.72. The van der Waals surface area contributed by atoms with Crippen LogP contribution in [0, 0.1) is 0 Å². The van der Waals surface area contributed by atoms with E-state index in [1.165, 1.54) is 44.3 Å². The second-order valence-corrected chi connectivity index (χ2v) is 11.8. The predicted octanol–water partition coefficient (Wildman–Crippen LogP) is 6.39. The zero-order valence-corrected chi connectivity index (χ0v) is 24.6. The normalized spacial score (nSPS) is 13.0. The molecule has 10 bridgehead atoms. The Hall–Kier alpha value is -5.82. The molecule has 0 fully saturated rings. The first-order chi connectivity index (χ1) is 22.2. The van der Waals surface area contributed by atoms with Crippen molar-refractivity contribution < 1.29 is 13.6 Å². The monoisotopic (exact) mass is 586 g/mol. The standard InChI is InChI=1S/C38H30N6O/c1-2-8-32-24-44-26-42(34-10-4-6-12-36(34)44)22-28-15-19-30(20-16-28)38-40-39-37(45-38)29-17-13-27(14-18-29)21-41-25-43(23-31(32)7-1)35-11-5-3-9-33(35)41/h1-20,25-26H,21-24H2/q+2. The van der Waals surface area contributed by atoms with E-state index in [0.29, 0.717) is 11.8 Å². The summed E-state index contributed by atoms with van der Waals surface area (Å²) in [6.07, 6.45) is 4.50. The second-order valence-electron chi connectivity index (χ2n) is 11.8. The van der Waals surface area contributed by atoms with Crippen LogP contribution >= 0.6 is 0 Å². The zero-order valence-electron chi connectivity index (χ0n) is 24.6. The van der Waals surface area contributed by atoms with E-state index in [9.17, 15) is 0 Å². The SMILES string of the molecule is c1ccc2c(c1)Cn1c[n+](c3ccccc31)Cc1ccc(cc1)-c1nnc(o1)-c1ccc(cc1)C[n+]1cn(c3ccccc31)C2. The number of rotatable bonds is 0. The Bertz CT molecular complexity index is 2160. The van der Waals surface area contributed by atoms with Gasteiger partial charge in [-0.15, -0.1) is 10.2 Å². The van der Waals surface area contributed by atoms with E-state index in [4.69, 9.17) is 4.42 Å². The van der Waals surface area contributed by atoms with Gasteiger partial charge in [-0.3, -0.25) is 0 Å². The highest BCUT2D eigenvalue weighted by Gasteiger charge is 2.21. The van der Waals surface area contributed by atoms with Crippen molar-refractivity contribution in [2.75, 3.05) is 0 Å². The predicted molar refractivity (Wildman–Crippen MR) is 172 cm³/mol. The molecular weight excluding hydrogens is 556 g/mol. The Labute approximate surface area is 259 Å². The molecule has 0 atom stereocenters. The molecule has 0 spiro atoms. The number of hydrogen-bond donors (Lipinski definition) is 0. The first kappa shape index (κ1) is 25.7. The van der Waals surface area contributed by atoms with Gasteiger partial charge in [0.2, 0.25) is 24.4 Å². The summed E-state index contributed by atoms with van der Waals surface area (Å²) in [5.74, 6) is 1.04. The third kappa shape index (κ3) is 4.60. The molecule has 3 aromatic heterocycles. The molecule has 7 heteroatoms. The average Bonchev–Trinajstić information content (AvgIpc) is 3.80. The summed E-state index contributed by atoms with van der Waals surface area (Å²) in [4.78, 5) is 0. The van der Waals surface area contributed by atoms with Crippen LogP contribution in [0.25, 0.3) is 45.0 Å². The molecule has 0 amide bonds. The molecule has 0 aliphatic carbocycles. The Morgan fingerprint density at radius 3 is 1.38 bits per heavy atom. The van der Waals surface area contributed by atoms with E-state index < -0.39 is 0 Å². The van der Waals surface area contributed by atoms with E-state index in [2.05, 4.69) is 162 Å². The van der Waals surface area contributed by atoms with Crippen LogP contribution in [0.1, 0.15) is 22.3 Å². The molecule has 0 N–H and O–H groups in total. The fraction of sp³-hybridized carbons (Fsp3) is 0.105. The molecule has 0 radical (unpaired) electrons. The maximum Gasteiger partial charge on any atom is 0.248 e. The van der Waals surface area contributed by atoms with Gasteiger partial charge in [-0.1, -0.05) is 72.8 Å². The number of imidazole rings is 2. The minimum atomic E-state index is 0.519. The number of hydrogen-bond acceptors (Lipinski definition) is 3. The van der Waals surface area contributed by atoms with Gasteiger partial charge in [0, 0.05) is 22.3 Å². The van der Waals surface area contributed by atoms with Gasteiger partial charge < -0.3 is 4.42 Å². The van der Waals surface area contributed by atoms with Crippen LogP contribution in [0.5, 0.6) is 0 Å². The lowest BCUT2D eigenvalue weighted by Crippen LogP contribution is -2.33. The fourth-order valence-corrected chi connectivity index (χ4v) is 6.58. The lowest BCUT2D eigenvalue weighted by Gasteiger charge is -2.07. The van der Waals surface area contributed by atoms with Crippen LogP contribution in [0.2, 0.25) is 0 Å². The fourth-order valence-electron chi connectivity index (χ4n) is 6.58. The Morgan fingerprint density at radius 1 is 0.489 bits per heavy atom. The molecule has 0 saturated carbocycles. The largest absolute Gasteiger partial charge is 0.416 e. The summed E-state index contributed by atoms with van der Waals surface area (Å²) in [7, 11) is 0. The molecule has 6 heterocycles. The summed E-state index contributed by atoms with van der Waals surface area (Å²) < 4.78 is 15.5. The third-order valence-electron chi connectivity index (χ3n) is 8.89. The summed E-state index contributed by atoms with van der Waals surface area (Å²) in [5, 5.41) is 8.72. The smallest absolute Gasteiger partial charge is 0.248 e. The highest BCUT2D eigenvalue weighted by atomic mass is 16.4. The lowest BCUT2D eigenvalue weighted by molar-refractivity contribution is -0.663. The van der Waals surface area contributed by atoms with E-state index in [1.54, 1.807) is 0 Å². The quantitative estimate of drug-likeness (QED) is 0.194. The van der Waals surface area contributed by atoms with Crippen molar-refractivity contribution in [3.05, 3.63) is 156 Å². The van der Waals surface area contributed by atoms with Crippen molar-refractivity contribution >= 4 is 22.1 Å². The molecule has 45 heavy (non-hydrogen) atoms. The van der Waals surface area contributed by atoms with Crippen LogP contribution in [-0.2, 0) is 26.2 Å². The number of fused-ring (bicyclic) bond motifs is 4. The van der Waals surface area contributed by atoms with Crippen molar-refractivity contribution in [3.8, 4) is 22.9 Å². The lowest BCUT2D eigenvalue weighted by atomic mass is 10.1. The van der Waals surface area contributed by atoms with E-state index in [0.717, 1.165) is 37.3 Å². The topological polar surface area (TPSA) is 56.5 Å². The molecule has 5 aromatic carbocycles. The Kier molecular flexibility index (Phi) is 5.94. The molecule has 0 unspecified atom stereocenters. The summed E-state index contributed by atoms with van der Waals surface area (Å²) >= 11 is 0. The van der Waals surface area contributed by atoms with Gasteiger partial charge in [0.1, 0.15) is 26.2 Å². The minimum Gasteiger partial charge on any atom is -0.416 e. The first-order valence-electron chi connectivity index (χ1n) is 15.3. The van der Waals surface area contributed by atoms with Crippen molar-refractivity contribution in [2.45, 2.75) is 26.2 Å². The first-order valence-corrected chi connectivity index (χ1v) is 15.3. The van der Waals surface area contributed by atoms with Crippen molar-refractivity contribution in [1.82, 2.24) is 19.3 Å². The third-order valence-corrected chi connectivity index (χ3v) is 8.89. The summed E-state index contributed by atoms with van der Waals surface area (Å²) in [6, 6.07) is 42.9. The maximum atomic E-state index is 6.12. The van der Waals surface area contributed by atoms with Crippen molar-refractivity contribution in [3.63, 3.8) is 0 Å². The van der Waals surface area contributed by atoms with Gasteiger partial charge in [-0.05, 0) is 59.7 Å². The number of aromatic nitrogens is 6. The molecule has 3 aliphatic rings. The molecular formula is C38H30N6O+2. The highest BCUT2D eigenvalue weighted by Crippen LogP contribution is 2.25. The molecule has 3 aliphatic heterocycles. The maximum absolute atomic E-state index is 6.12. The van der Waals surface area contributed by atoms with Crippen LogP contribution in [-0.4, -0.2) is 19.3 Å². The van der Waals surface area contributed by atoms with E-state index in [-0.39, 0.29) is 0 Å². The summed E-state index contributed by atoms with van der Waals surface area (Å²) in [5.41, 5.74) is 11.7. The van der Waals surface area contributed by atoms with Gasteiger partial charge >= 0.3 is 0 Å². The van der Waals surface area contributed by atoms with Crippen LogP contribution in [0.15, 0.2) is 138 Å². The summed E-state index contributed by atoms with van der Waals surface area (Å²) in [6.45, 7) is 3.08. The molecule has 11 rings (SSSR count). The van der Waals surface area contributed by atoms with E-state index in [1.807, 2.05) is 0 Å². The van der Waals surface area contributed by atoms with Crippen LogP contribution < -0.4 is 9.13 Å². The van der Waals surface area contributed by atoms with E-state index >= 15 is 0 Å². The molecule has 216 valence electrons. The van der Waals surface area contributed by atoms with Crippen molar-refractivity contribution in [2.24, 2.45) is 0 Å². The van der Waals surface area contributed by atoms with Crippen LogP contribution in [0.3, 0.4) is 0 Å². The minimum absolute atomic E-state index is 0.519. The molecule has 0 saturated heterocycles. The number of para-hydroxylation sites is 4. The Morgan fingerprint density at radius 2 is 0.911 bits per heavy atom. The van der Waals surface area contributed by atoms with Gasteiger partial charge in [-0.25, -0.2) is 18.3 Å². The Balaban J connectivity index is 1.19. The molecule has 8 aromatic rings.